The number of nitrogens with one attached hydrogen (secondary N) is 3. The first-order valence-corrected chi connectivity index (χ1v) is 12.7. The van der Waals surface area contributed by atoms with Crippen LogP contribution >= 0.6 is 11.6 Å². The van der Waals surface area contributed by atoms with Crippen LogP contribution in [0.5, 0.6) is 0 Å². The highest BCUT2D eigenvalue weighted by Gasteiger charge is 2.30. The van der Waals surface area contributed by atoms with Gasteiger partial charge in [0.25, 0.3) is 0 Å². The van der Waals surface area contributed by atoms with Crippen molar-refractivity contribution in [3.8, 4) is 0 Å². The van der Waals surface area contributed by atoms with Crippen molar-refractivity contribution in [2.45, 2.75) is 57.0 Å². The van der Waals surface area contributed by atoms with Crippen LogP contribution in [0, 0.1) is 5.92 Å². The standard InChI is InChI=1S/C25H34ClN7O/c1-25(10-12-34-13-11-25)32-23-28-16-21-22(31-23)33(20-8-6-17(7-9-20)15-27-2)24(30-21)29-19-5-3-4-18(26)14-19/h3-5,14,16-17,20,27H,6-13,15H2,1-2H3,(H,29,30)(H,28,31,32). The molecule has 1 aliphatic carbocycles. The molecule has 182 valence electrons. The van der Waals surface area contributed by atoms with Gasteiger partial charge in [-0.05, 0) is 83.2 Å². The molecule has 0 amide bonds. The summed E-state index contributed by atoms with van der Waals surface area (Å²) in [6.07, 6.45) is 8.29. The Labute approximate surface area is 205 Å². The van der Waals surface area contributed by atoms with Crippen molar-refractivity contribution in [2.24, 2.45) is 5.92 Å². The average molecular weight is 484 g/mol. The Hall–Kier alpha value is -2.42. The molecule has 2 fully saturated rings. The number of hydrogen-bond acceptors (Lipinski definition) is 7. The third-order valence-corrected chi connectivity index (χ3v) is 7.43. The summed E-state index contributed by atoms with van der Waals surface area (Å²) in [6.45, 7) is 4.81. The molecule has 1 aliphatic heterocycles. The van der Waals surface area contributed by atoms with Gasteiger partial charge in [-0.2, -0.15) is 4.98 Å². The number of benzene rings is 1. The normalized spacial score (nSPS) is 22.6. The van der Waals surface area contributed by atoms with Gasteiger partial charge in [0, 0.05) is 35.5 Å². The second kappa shape index (κ2) is 10.1. The summed E-state index contributed by atoms with van der Waals surface area (Å²) < 4.78 is 7.83. The Kier molecular flexibility index (Phi) is 6.90. The van der Waals surface area contributed by atoms with Crippen LogP contribution in [0.2, 0.25) is 5.02 Å². The summed E-state index contributed by atoms with van der Waals surface area (Å²) in [5.74, 6) is 2.16. The second-order valence-electron chi connectivity index (χ2n) is 9.87. The largest absolute Gasteiger partial charge is 0.381 e. The molecular weight excluding hydrogens is 450 g/mol. The van der Waals surface area contributed by atoms with Gasteiger partial charge < -0.3 is 20.7 Å². The minimum Gasteiger partial charge on any atom is -0.381 e. The lowest BCUT2D eigenvalue weighted by Crippen LogP contribution is -2.41. The molecule has 2 aliphatic rings. The van der Waals surface area contributed by atoms with E-state index in [0.29, 0.717) is 17.0 Å². The maximum atomic E-state index is 6.24. The van der Waals surface area contributed by atoms with Crippen molar-refractivity contribution in [3.63, 3.8) is 0 Å². The summed E-state index contributed by atoms with van der Waals surface area (Å²) >= 11 is 6.24. The fourth-order valence-corrected chi connectivity index (χ4v) is 5.38. The van der Waals surface area contributed by atoms with Gasteiger partial charge in [0.2, 0.25) is 11.9 Å². The van der Waals surface area contributed by atoms with Crippen LogP contribution < -0.4 is 16.0 Å². The van der Waals surface area contributed by atoms with E-state index in [1.807, 2.05) is 37.5 Å². The van der Waals surface area contributed by atoms with Gasteiger partial charge in [-0.3, -0.25) is 4.57 Å². The number of imidazole rings is 1. The topological polar surface area (TPSA) is 88.9 Å². The van der Waals surface area contributed by atoms with E-state index in [4.69, 9.17) is 26.3 Å². The van der Waals surface area contributed by atoms with Crippen molar-refractivity contribution in [1.29, 1.82) is 0 Å². The summed E-state index contributed by atoms with van der Waals surface area (Å²) in [5.41, 5.74) is 2.51. The lowest BCUT2D eigenvalue weighted by atomic mass is 9.86. The maximum Gasteiger partial charge on any atom is 0.225 e. The first-order chi connectivity index (χ1) is 16.5. The number of hydrogen-bond donors (Lipinski definition) is 3. The SMILES string of the molecule is CNCC1CCC(n2c(Nc3cccc(Cl)c3)nc3cnc(NC4(C)CCOCC4)nc32)CC1. The van der Waals surface area contributed by atoms with Crippen molar-refractivity contribution in [1.82, 2.24) is 24.8 Å². The van der Waals surface area contributed by atoms with Crippen LogP contribution in [0.3, 0.4) is 0 Å². The highest BCUT2D eigenvalue weighted by Crippen LogP contribution is 2.37. The third-order valence-electron chi connectivity index (χ3n) is 7.20. The number of anilines is 3. The minimum absolute atomic E-state index is 0.0656. The lowest BCUT2D eigenvalue weighted by molar-refractivity contribution is 0.0656. The Bertz CT molecular complexity index is 1120. The molecule has 9 heteroatoms. The summed E-state index contributed by atoms with van der Waals surface area (Å²) in [7, 11) is 2.03. The van der Waals surface area contributed by atoms with E-state index >= 15 is 0 Å². The number of nitrogens with zero attached hydrogens (tertiary/aromatic N) is 4. The molecule has 5 rings (SSSR count). The Morgan fingerprint density at radius 2 is 1.94 bits per heavy atom. The molecule has 3 aromatic rings. The highest BCUT2D eigenvalue weighted by molar-refractivity contribution is 6.30. The smallest absolute Gasteiger partial charge is 0.225 e. The predicted octanol–water partition coefficient (Wildman–Crippen LogP) is 5.16. The van der Waals surface area contributed by atoms with Gasteiger partial charge in [0.05, 0.1) is 6.20 Å². The molecule has 0 bridgehead atoms. The maximum absolute atomic E-state index is 6.24. The molecule has 0 spiro atoms. The number of aromatic nitrogens is 4. The molecule has 0 atom stereocenters. The minimum atomic E-state index is -0.0656. The van der Waals surface area contributed by atoms with Gasteiger partial charge in [-0.15, -0.1) is 0 Å². The molecule has 3 heterocycles. The van der Waals surface area contributed by atoms with Crippen molar-refractivity contribution in [3.05, 3.63) is 35.5 Å². The summed E-state index contributed by atoms with van der Waals surface area (Å²) in [5, 5.41) is 11.1. The average Bonchev–Trinajstić information content (AvgIpc) is 3.17. The van der Waals surface area contributed by atoms with E-state index in [1.165, 1.54) is 12.8 Å². The van der Waals surface area contributed by atoms with Crippen molar-refractivity contribution >= 4 is 40.3 Å². The number of halogens is 1. The van der Waals surface area contributed by atoms with Crippen LogP contribution in [-0.4, -0.2) is 51.9 Å². The zero-order valence-corrected chi connectivity index (χ0v) is 20.7. The number of rotatable bonds is 7. The van der Waals surface area contributed by atoms with Crippen LogP contribution in [0.25, 0.3) is 11.2 Å². The van der Waals surface area contributed by atoms with E-state index in [0.717, 1.165) is 74.2 Å². The lowest BCUT2D eigenvalue weighted by Gasteiger charge is -2.34. The van der Waals surface area contributed by atoms with Crippen LogP contribution in [0.1, 0.15) is 51.5 Å². The fraction of sp³-hybridized carbons (Fsp3) is 0.560. The van der Waals surface area contributed by atoms with Crippen LogP contribution in [-0.2, 0) is 4.74 Å². The third kappa shape index (κ3) is 5.14. The predicted molar refractivity (Wildman–Crippen MR) is 137 cm³/mol. The monoisotopic (exact) mass is 483 g/mol. The molecule has 0 unspecified atom stereocenters. The van der Waals surface area contributed by atoms with Gasteiger partial charge in [0.15, 0.2) is 5.65 Å². The van der Waals surface area contributed by atoms with Gasteiger partial charge in [-0.1, -0.05) is 17.7 Å². The summed E-state index contributed by atoms with van der Waals surface area (Å²) in [6, 6.07) is 8.07. The van der Waals surface area contributed by atoms with E-state index in [2.05, 4.69) is 32.4 Å². The zero-order valence-electron chi connectivity index (χ0n) is 20.0. The van der Waals surface area contributed by atoms with E-state index < -0.39 is 0 Å². The van der Waals surface area contributed by atoms with E-state index in [9.17, 15) is 0 Å². The number of ether oxygens (including phenoxy) is 1. The molecule has 34 heavy (non-hydrogen) atoms. The Morgan fingerprint density at radius 1 is 1.15 bits per heavy atom. The van der Waals surface area contributed by atoms with Crippen molar-refractivity contribution < 1.29 is 4.74 Å². The first-order valence-electron chi connectivity index (χ1n) is 12.3. The van der Waals surface area contributed by atoms with Gasteiger partial charge >= 0.3 is 0 Å². The van der Waals surface area contributed by atoms with Gasteiger partial charge in [0.1, 0.15) is 5.52 Å². The van der Waals surface area contributed by atoms with Crippen LogP contribution in [0.15, 0.2) is 30.5 Å². The van der Waals surface area contributed by atoms with Crippen molar-refractivity contribution in [2.75, 3.05) is 37.4 Å². The molecule has 2 aromatic heterocycles. The zero-order chi connectivity index (χ0) is 23.5. The molecule has 1 saturated carbocycles. The molecular formula is C25H34ClN7O. The first kappa shape index (κ1) is 23.3. The number of fused-ring (bicyclic) bond motifs is 1. The molecule has 3 N–H and O–H groups in total. The Balaban J connectivity index is 1.49. The Morgan fingerprint density at radius 3 is 2.68 bits per heavy atom. The van der Waals surface area contributed by atoms with Crippen LogP contribution in [0.4, 0.5) is 17.6 Å². The summed E-state index contributed by atoms with van der Waals surface area (Å²) in [4.78, 5) is 14.5. The van der Waals surface area contributed by atoms with Gasteiger partial charge in [-0.25, -0.2) is 9.97 Å². The van der Waals surface area contributed by atoms with E-state index in [1.54, 1.807) is 0 Å². The molecule has 1 aromatic carbocycles. The fourth-order valence-electron chi connectivity index (χ4n) is 5.19. The molecule has 1 saturated heterocycles. The van der Waals surface area contributed by atoms with E-state index in [-0.39, 0.29) is 5.54 Å². The highest BCUT2D eigenvalue weighted by atomic mass is 35.5. The molecule has 8 nitrogen and oxygen atoms in total. The second-order valence-corrected chi connectivity index (χ2v) is 10.3. The molecule has 0 radical (unpaired) electrons. The quantitative estimate of drug-likeness (QED) is 0.428.